The Bertz CT molecular complexity index is 3320. The van der Waals surface area contributed by atoms with Gasteiger partial charge in [-0.05, 0) is 0 Å². The molecule has 0 heterocycles. The van der Waals surface area contributed by atoms with Gasteiger partial charge in [-0.1, -0.05) is 0 Å². The molecule has 0 fully saturated rings. The molecule has 0 aliphatic carbocycles. The standard InChI is InChI=1S/C15H24Te.C13H20Te.4C12H17.4C3H7.4CH3.2Bi.2Sb/c1-10(2)16-13-8-11(3)12(4)14(9-13)15(5,6)7;1-9-7-11(14-6)8-12(10(9)2)13(3,4)5;4*1-9-7-6-8-11(10(9)2)12(3,4)5;4*1-3-2;;;;;;;;/h8-10H,1-7H3;7-8H,1-6H3;4*7-8H,1-5H3;4*3H,1-2H3;4*1H3;;;;. The summed E-state index contributed by atoms with van der Waals surface area (Å²) in [6.07, 6.45) is 0. The number of aryl methyl sites for hydroxylation is 6. The van der Waals surface area contributed by atoms with E-state index in [1.54, 1.807) is 37.5 Å². The molecule has 0 unspecified atom stereocenters. The van der Waals surface area contributed by atoms with Crippen LogP contribution in [0.25, 0.3) is 0 Å². The fourth-order valence-electron chi connectivity index (χ4n) is 13.3. The summed E-state index contributed by atoms with van der Waals surface area (Å²) in [5.74, 6) is 0. The van der Waals surface area contributed by atoms with E-state index < -0.39 is 83.9 Å². The molecule has 0 saturated carbocycles. The van der Waals surface area contributed by atoms with Crippen LogP contribution in [-0.4, -0.2) is 126 Å². The molecule has 0 aliphatic rings. The van der Waals surface area contributed by atoms with E-state index in [1.807, 2.05) is 0 Å². The van der Waals surface area contributed by atoms with Crippen molar-refractivity contribution in [2.75, 3.05) is 0 Å². The van der Waals surface area contributed by atoms with E-state index in [1.165, 1.54) is 83.5 Å². The molecule has 0 aliphatic heterocycles. The molecule has 98 heavy (non-hydrogen) atoms. The Kier molecular flexibility index (Phi) is 39.8. The summed E-state index contributed by atoms with van der Waals surface area (Å²) in [6.45, 7) is 93.0. The first-order chi connectivity index (χ1) is 44.1. The maximum atomic E-state index is 2.56. The molecule has 0 bridgehead atoms. The predicted octanol–water partition coefficient (Wildman–Crippen LogP) is 24.1. The van der Waals surface area contributed by atoms with Crippen LogP contribution in [0, 0.1) is 83.1 Å². The predicted molar refractivity (Wildman–Crippen MR) is 465 cm³/mol. The van der Waals surface area contributed by atoms with Gasteiger partial charge in [0, 0.05) is 0 Å². The van der Waals surface area contributed by atoms with Gasteiger partial charge in [-0.15, -0.1) is 0 Å². The molecule has 6 heteroatoms. The second-order valence-electron chi connectivity index (χ2n) is 36.4. The zero-order valence-electron chi connectivity index (χ0n) is 72.4. The molecule has 0 aromatic heterocycles. The molecule has 0 atom stereocenters. The summed E-state index contributed by atoms with van der Waals surface area (Å²) in [5, 5.41) is 0. The average Bonchev–Trinajstić information content (AvgIpc) is 0.805. The molecule has 0 spiro atoms. The van der Waals surface area contributed by atoms with Crippen LogP contribution in [-0.2, 0) is 32.5 Å². The Labute approximate surface area is 663 Å². The van der Waals surface area contributed by atoms with E-state index >= 15 is 0 Å². The molecule has 0 radical (unpaired) electrons. The van der Waals surface area contributed by atoms with Gasteiger partial charge < -0.3 is 0 Å². The molecule has 6 rings (SSSR count). The van der Waals surface area contributed by atoms with Crippen molar-refractivity contribution in [2.45, 2.75) is 352 Å². The fraction of sp³-hybridized carbons (Fsp3) is 0.609. The van der Waals surface area contributed by atoms with Crippen LogP contribution in [0.15, 0.2) is 72.8 Å². The third kappa shape index (κ3) is 30.2. The molecule has 0 nitrogen and oxygen atoms in total. The van der Waals surface area contributed by atoms with E-state index in [4.69, 9.17) is 0 Å². The van der Waals surface area contributed by atoms with Crippen molar-refractivity contribution in [3.8, 4) is 0 Å². The Hall–Kier alpha value is 0.302. The number of rotatable bonds is 11. The minimum absolute atomic E-state index is 0.0116. The summed E-state index contributed by atoms with van der Waals surface area (Å²) >= 11 is -5.32. The normalized spacial score (nSPS) is 12.4. The van der Waals surface area contributed by atoms with Crippen molar-refractivity contribution in [2.24, 2.45) is 0 Å². The first kappa shape index (κ1) is 96.3. The average molecular weight is 2170 g/mol. The molecular formula is C92H152Bi2Sb2Te2. The van der Waals surface area contributed by atoms with Crippen LogP contribution in [0.1, 0.15) is 294 Å². The minimum atomic E-state index is -1.61. The Morgan fingerprint density at radius 2 is 0.571 bits per heavy atom. The molecule has 552 valence electrons. The van der Waals surface area contributed by atoms with Gasteiger partial charge in [-0.25, -0.2) is 0 Å². The third-order valence-electron chi connectivity index (χ3n) is 19.2. The van der Waals surface area contributed by atoms with Crippen LogP contribution in [0.3, 0.4) is 0 Å². The van der Waals surface area contributed by atoms with Crippen LogP contribution in [0.2, 0.25) is 42.9 Å². The van der Waals surface area contributed by atoms with Crippen molar-refractivity contribution in [1.82, 2.24) is 0 Å². The fourth-order valence-corrected chi connectivity index (χ4v) is 43.6. The van der Waals surface area contributed by atoms with Gasteiger partial charge in [0.1, 0.15) is 0 Å². The third-order valence-corrected chi connectivity index (χ3v) is 53.5. The molecular weight excluding hydrogens is 2020 g/mol. The molecule has 0 amide bonds. The van der Waals surface area contributed by atoms with Gasteiger partial charge in [0.15, 0.2) is 0 Å². The van der Waals surface area contributed by atoms with Gasteiger partial charge >= 0.3 is 672 Å². The summed E-state index contributed by atoms with van der Waals surface area (Å²) in [6, 6.07) is 29.5. The first-order valence-corrected chi connectivity index (χ1v) is 68.0. The molecule has 0 saturated heterocycles. The Morgan fingerprint density at radius 1 is 0.316 bits per heavy atom. The van der Waals surface area contributed by atoms with Crippen LogP contribution in [0.4, 0.5) is 0 Å². The van der Waals surface area contributed by atoms with Gasteiger partial charge in [0.2, 0.25) is 0 Å². The van der Waals surface area contributed by atoms with Gasteiger partial charge in [0.05, 0.1) is 0 Å². The zero-order chi connectivity index (χ0) is 77.0. The molecule has 6 aromatic rings. The molecule has 6 aromatic carbocycles. The van der Waals surface area contributed by atoms with E-state index in [2.05, 4.69) is 374 Å². The van der Waals surface area contributed by atoms with Gasteiger partial charge in [-0.3, -0.25) is 0 Å². The van der Waals surface area contributed by atoms with E-state index in [-0.39, 0.29) is 74.3 Å². The van der Waals surface area contributed by atoms with Gasteiger partial charge in [-0.2, -0.15) is 0 Å². The molecule has 0 N–H and O–H groups in total. The zero-order valence-corrected chi connectivity index (χ0v) is 89.1. The summed E-state index contributed by atoms with van der Waals surface area (Å²) in [5.41, 5.74) is 28.6. The number of benzene rings is 6. The van der Waals surface area contributed by atoms with Crippen molar-refractivity contribution >= 4 is 147 Å². The van der Waals surface area contributed by atoms with Crippen molar-refractivity contribution < 1.29 is 0 Å². The van der Waals surface area contributed by atoms with Crippen molar-refractivity contribution in [1.29, 1.82) is 0 Å². The monoisotopic (exact) mass is 2180 g/mol. The van der Waals surface area contributed by atoms with E-state index in [0.717, 1.165) is 18.9 Å². The topological polar surface area (TPSA) is 0 Å². The van der Waals surface area contributed by atoms with Crippen LogP contribution in [0.5, 0.6) is 0 Å². The van der Waals surface area contributed by atoms with Crippen LogP contribution >= 0.6 is 0 Å². The van der Waals surface area contributed by atoms with Crippen molar-refractivity contribution in [3.63, 3.8) is 0 Å². The van der Waals surface area contributed by atoms with E-state index in [9.17, 15) is 0 Å². The van der Waals surface area contributed by atoms with Gasteiger partial charge in [0.25, 0.3) is 0 Å². The Morgan fingerprint density at radius 3 is 0.857 bits per heavy atom. The first-order valence-electron chi connectivity index (χ1n) is 37.0. The second-order valence-corrected chi connectivity index (χ2v) is 82.1. The van der Waals surface area contributed by atoms with E-state index in [0.29, 0.717) is 0 Å². The second kappa shape index (κ2) is 40.5. The number of hydrogen-bond acceptors (Lipinski definition) is 0. The number of hydrogen-bond donors (Lipinski definition) is 0. The van der Waals surface area contributed by atoms with Crippen molar-refractivity contribution in [3.05, 3.63) is 173 Å². The van der Waals surface area contributed by atoms with Crippen LogP contribution < -0.4 is 20.8 Å². The summed E-state index contributed by atoms with van der Waals surface area (Å²) < 4.78 is 19.3. The quantitative estimate of drug-likeness (QED) is 0.113. The summed E-state index contributed by atoms with van der Waals surface area (Å²) in [7, 11) is 0. The summed E-state index contributed by atoms with van der Waals surface area (Å²) in [4.78, 5) is 7.24. The Balaban J connectivity index is 0.000000590. The maximum absolute atomic E-state index is 2.56. The SMILES string of the molecule is C[Te]c1cc(C)c(C)c(C(C)(C)C)c1.Cc1c[c]([Bi]([CH3])[CH3])cc(C(C)(C)C)c1C.Cc1c[c]([Bi]([CH](C)C)[CH](C)C)cc(C(C)(C)C)c1C.Cc1c[c]([Sb]([CH3])[CH3])cc(C(C)(C)C)c1C.Cc1c[c]([Sb]([CH](C)C)[CH](C)C)cc(C(C)(C)C)c1C.Cc1cc([Te]C(C)C)cc(C(C)(C)C)c1C.